The molecule has 1 aromatic carbocycles. The number of imidazole rings is 1. The van der Waals surface area contributed by atoms with E-state index >= 15 is 0 Å². The van der Waals surface area contributed by atoms with Gasteiger partial charge in [0.25, 0.3) is 5.91 Å². The number of hydrogen-bond donors (Lipinski definition) is 1. The van der Waals surface area contributed by atoms with Crippen LogP contribution in [0.2, 0.25) is 0 Å². The van der Waals surface area contributed by atoms with Gasteiger partial charge in [-0.15, -0.1) is 0 Å². The molecule has 2 aromatic heterocycles. The molecule has 6 nitrogen and oxygen atoms in total. The topological polar surface area (TPSA) is 72.7 Å². The zero-order chi connectivity index (χ0) is 14.5. The molecule has 3 aromatic rings. The van der Waals surface area contributed by atoms with Gasteiger partial charge in [-0.2, -0.15) is 0 Å². The van der Waals surface area contributed by atoms with Crippen LogP contribution in [0.1, 0.15) is 16.2 Å². The summed E-state index contributed by atoms with van der Waals surface area (Å²) in [7, 11) is 0. The largest absolute Gasteiger partial charge is 0.322 e. The maximum Gasteiger partial charge on any atom is 0.291 e. The average molecular weight is 279 g/mol. The molecule has 2 heterocycles. The van der Waals surface area contributed by atoms with Gasteiger partial charge in [0.1, 0.15) is 6.33 Å². The Morgan fingerprint density at radius 2 is 1.90 bits per heavy atom. The molecule has 0 atom stereocenters. The summed E-state index contributed by atoms with van der Waals surface area (Å²) >= 11 is 0. The Labute approximate surface area is 121 Å². The van der Waals surface area contributed by atoms with E-state index in [1.54, 1.807) is 17.0 Å². The molecule has 104 valence electrons. The average Bonchev–Trinajstić information content (AvgIpc) is 2.97. The molecule has 0 aliphatic rings. The van der Waals surface area contributed by atoms with Crippen molar-refractivity contribution in [3.63, 3.8) is 0 Å². The highest BCUT2D eigenvalue weighted by atomic mass is 16.2. The lowest BCUT2D eigenvalue weighted by Gasteiger charge is -2.08. The quantitative estimate of drug-likeness (QED) is 0.792. The fraction of sp³-hybridized carbons (Fsp3) is 0.0667. The molecule has 21 heavy (non-hydrogen) atoms. The number of carbonyl (C=O) groups excluding carboxylic acids is 1. The molecule has 6 heteroatoms. The second kappa shape index (κ2) is 5.96. The first kappa shape index (κ1) is 13.0. The van der Waals surface area contributed by atoms with Gasteiger partial charge in [0.15, 0.2) is 5.82 Å². The van der Waals surface area contributed by atoms with Crippen LogP contribution in [0.25, 0.3) is 0 Å². The second-order valence-electron chi connectivity index (χ2n) is 4.45. The van der Waals surface area contributed by atoms with Crippen LogP contribution in [0, 0.1) is 0 Å². The van der Waals surface area contributed by atoms with Gasteiger partial charge in [-0.05, 0) is 5.56 Å². The number of carbonyl (C=O) groups is 1. The predicted molar refractivity (Wildman–Crippen MR) is 77.8 cm³/mol. The smallest absolute Gasteiger partial charge is 0.291 e. The molecule has 0 radical (unpaired) electrons. The highest BCUT2D eigenvalue weighted by Crippen LogP contribution is 2.08. The highest BCUT2D eigenvalue weighted by Gasteiger charge is 2.13. The molecule has 1 N–H and O–H groups in total. The Balaban J connectivity index is 1.77. The Bertz CT molecular complexity index is 724. The van der Waals surface area contributed by atoms with Crippen molar-refractivity contribution in [2.24, 2.45) is 0 Å². The van der Waals surface area contributed by atoms with Gasteiger partial charge < -0.3 is 9.88 Å². The number of nitrogens with zero attached hydrogens (tertiary/aromatic N) is 4. The fourth-order valence-corrected chi connectivity index (χ4v) is 1.98. The summed E-state index contributed by atoms with van der Waals surface area (Å²) in [5, 5.41) is 2.72. The van der Waals surface area contributed by atoms with Crippen LogP contribution < -0.4 is 5.32 Å². The van der Waals surface area contributed by atoms with E-state index in [0.717, 1.165) is 5.56 Å². The Morgan fingerprint density at radius 3 is 2.67 bits per heavy atom. The third-order valence-corrected chi connectivity index (χ3v) is 2.93. The van der Waals surface area contributed by atoms with Crippen LogP contribution in [0.4, 0.5) is 5.69 Å². The molecule has 0 saturated heterocycles. The van der Waals surface area contributed by atoms with Crippen molar-refractivity contribution >= 4 is 11.6 Å². The van der Waals surface area contributed by atoms with Gasteiger partial charge >= 0.3 is 0 Å². The van der Waals surface area contributed by atoms with Crippen LogP contribution in [0.3, 0.4) is 0 Å². The molecule has 0 spiro atoms. The summed E-state index contributed by atoms with van der Waals surface area (Å²) in [6, 6.07) is 9.90. The van der Waals surface area contributed by atoms with Crippen LogP contribution in [-0.2, 0) is 6.54 Å². The minimum atomic E-state index is -0.286. The first-order valence-corrected chi connectivity index (χ1v) is 6.44. The molecule has 3 rings (SSSR count). The first-order chi connectivity index (χ1) is 10.3. The number of anilines is 1. The van der Waals surface area contributed by atoms with Crippen molar-refractivity contribution < 1.29 is 4.79 Å². The third-order valence-electron chi connectivity index (χ3n) is 2.93. The van der Waals surface area contributed by atoms with Gasteiger partial charge in [0, 0.05) is 18.9 Å². The molecular formula is C15H13N5O. The lowest BCUT2D eigenvalue weighted by Crippen LogP contribution is -2.18. The van der Waals surface area contributed by atoms with Crippen molar-refractivity contribution in [1.82, 2.24) is 19.5 Å². The minimum absolute atomic E-state index is 0.286. The molecule has 1 amide bonds. The van der Waals surface area contributed by atoms with Crippen molar-refractivity contribution in [3.8, 4) is 0 Å². The van der Waals surface area contributed by atoms with Gasteiger partial charge in [-0.25, -0.2) is 15.0 Å². The van der Waals surface area contributed by atoms with Crippen molar-refractivity contribution in [2.75, 3.05) is 5.32 Å². The molecule has 0 saturated carbocycles. The maximum absolute atomic E-state index is 12.2. The van der Waals surface area contributed by atoms with Crippen molar-refractivity contribution in [1.29, 1.82) is 0 Å². The van der Waals surface area contributed by atoms with Crippen molar-refractivity contribution in [3.05, 3.63) is 72.8 Å². The Hall–Kier alpha value is -3.02. The lowest BCUT2D eigenvalue weighted by molar-refractivity contribution is 0.101. The molecule has 0 unspecified atom stereocenters. The van der Waals surface area contributed by atoms with Crippen LogP contribution in [0.15, 0.2) is 61.4 Å². The van der Waals surface area contributed by atoms with Crippen LogP contribution in [0.5, 0.6) is 0 Å². The standard InChI is InChI=1S/C15H13N5O/c21-15(19-13-8-16-11-17-9-13)14-18-6-7-20(14)10-12-4-2-1-3-5-12/h1-9,11H,10H2,(H,19,21). The summed E-state index contributed by atoms with van der Waals surface area (Å²) in [6.07, 6.45) is 7.87. The Morgan fingerprint density at radius 1 is 1.14 bits per heavy atom. The van der Waals surface area contributed by atoms with E-state index in [1.165, 1.54) is 18.7 Å². The van der Waals surface area contributed by atoms with Gasteiger partial charge in [0.2, 0.25) is 0 Å². The van der Waals surface area contributed by atoms with Gasteiger partial charge in [-0.3, -0.25) is 4.79 Å². The van der Waals surface area contributed by atoms with Crippen LogP contribution in [-0.4, -0.2) is 25.4 Å². The highest BCUT2D eigenvalue weighted by molar-refractivity contribution is 6.01. The summed E-state index contributed by atoms with van der Waals surface area (Å²) in [5.41, 5.74) is 1.64. The van der Waals surface area contributed by atoms with Gasteiger partial charge in [0.05, 0.1) is 18.1 Å². The molecular weight excluding hydrogens is 266 g/mol. The SMILES string of the molecule is O=C(Nc1cncnc1)c1nccn1Cc1ccccc1. The number of rotatable bonds is 4. The van der Waals surface area contributed by atoms with E-state index in [1.807, 2.05) is 30.3 Å². The summed E-state index contributed by atoms with van der Waals surface area (Å²) in [4.78, 5) is 24.1. The van der Waals surface area contributed by atoms with E-state index < -0.39 is 0 Å². The van der Waals surface area contributed by atoms with Crippen molar-refractivity contribution in [2.45, 2.75) is 6.54 Å². The molecule has 0 aliphatic heterocycles. The van der Waals surface area contributed by atoms with E-state index in [9.17, 15) is 4.79 Å². The third kappa shape index (κ3) is 3.11. The maximum atomic E-state index is 12.2. The lowest BCUT2D eigenvalue weighted by atomic mass is 10.2. The van der Waals surface area contributed by atoms with E-state index in [-0.39, 0.29) is 5.91 Å². The summed E-state index contributed by atoms with van der Waals surface area (Å²) < 4.78 is 1.80. The minimum Gasteiger partial charge on any atom is -0.322 e. The number of aromatic nitrogens is 4. The first-order valence-electron chi connectivity index (χ1n) is 6.44. The monoisotopic (exact) mass is 279 g/mol. The van der Waals surface area contributed by atoms with E-state index in [4.69, 9.17) is 0 Å². The summed E-state index contributed by atoms with van der Waals surface area (Å²) in [6.45, 7) is 0.592. The predicted octanol–water partition coefficient (Wildman–Crippen LogP) is 1.97. The van der Waals surface area contributed by atoms with Gasteiger partial charge in [-0.1, -0.05) is 30.3 Å². The number of benzene rings is 1. The zero-order valence-electron chi connectivity index (χ0n) is 11.2. The molecule has 0 fully saturated rings. The van der Waals surface area contributed by atoms with E-state index in [2.05, 4.69) is 20.3 Å². The van der Waals surface area contributed by atoms with E-state index in [0.29, 0.717) is 18.1 Å². The second-order valence-corrected chi connectivity index (χ2v) is 4.45. The number of nitrogens with one attached hydrogen (secondary N) is 1. The Kier molecular flexibility index (Phi) is 3.68. The normalized spacial score (nSPS) is 10.3. The number of amides is 1. The summed E-state index contributed by atoms with van der Waals surface area (Å²) in [5.74, 6) is 0.0634. The fourth-order valence-electron chi connectivity index (χ4n) is 1.98. The van der Waals surface area contributed by atoms with Crippen LogP contribution >= 0.6 is 0 Å². The molecule has 0 aliphatic carbocycles. The number of hydrogen-bond acceptors (Lipinski definition) is 4. The zero-order valence-corrected chi connectivity index (χ0v) is 11.2. The molecule has 0 bridgehead atoms.